The molecule has 10 heteroatoms. The highest BCUT2D eigenvalue weighted by atomic mass is 79.9. The van der Waals surface area contributed by atoms with Gasteiger partial charge in [0.25, 0.3) is 11.5 Å². The Morgan fingerprint density at radius 2 is 2.00 bits per heavy atom. The summed E-state index contributed by atoms with van der Waals surface area (Å²) in [5, 5.41) is 4.70. The maximum atomic E-state index is 13.0. The van der Waals surface area contributed by atoms with Crippen molar-refractivity contribution in [1.82, 2.24) is 15.0 Å². The zero-order chi connectivity index (χ0) is 25.8. The van der Waals surface area contributed by atoms with Crippen LogP contribution in [-0.2, 0) is 30.8 Å². The fraction of sp³-hybridized carbons (Fsp3) is 0.259. The second kappa shape index (κ2) is 11.3. The van der Waals surface area contributed by atoms with Crippen LogP contribution in [0.15, 0.2) is 63.2 Å². The van der Waals surface area contributed by atoms with Crippen LogP contribution in [0, 0.1) is 0 Å². The number of amides is 1. The number of hydrazone groups is 1. The van der Waals surface area contributed by atoms with Crippen molar-refractivity contribution in [1.29, 1.82) is 0 Å². The van der Waals surface area contributed by atoms with Gasteiger partial charge in [-0.25, -0.2) is 10.4 Å². The molecule has 37 heavy (non-hydrogen) atoms. The van der Waals surface area contributed by atoms with Crippen LogP contribution in [0.4, 0.5) is 0 Å². The van der Waals surface area contributed by atoms with E-state index >= 15 is 0 Å². The summed E-state index contributed by atoms with van der Waals surface area (Å²) in [5.74, 6) is 0.743. The van der Waals surface area contributed by atoms with Gasteiger partial charge in [-0.3, -0.25) is 14.2 Å². The summed E-state index contributed by atoms with van der Waals surface area (Å²) in [6, 6.07) is 13.3. The van der Waals surface area contributed by atoms with E-state index in [1.165, 1.54) is 22.0 Å². The number of hydrogen-bond acceptors (Lipinski definition) is 7. The summed E-state index contributed by atoms with van der Waals surface area (Å²) < 4.78 is 13.7. The van der Waals surface area contributed by atoms with E-state index in [-0.39, 0.29) is 12.1 Å². The van der Waals surface area contributed by atoms with E-state index in [0.29, 0.717) is 23.5 Å². The van der Waals surface area contributed by atoms with Crippen molar-refractivity contribution in [2.75, 3.05) is 7.11 Å². The molecule has 0 bridgehead atoms. The second-order valence-electron chi connectivity index (χ2n) is 8.69. The van der Waals surface area contributed by atoms with Crippen molar-refractivity contribution in [2.45, 2.75) is 38.8 Å². The van der Waals surface area contributed by atoms with Crippen molar-refractivity contribution in [3.8, 4) is 11.5 Å². The minimum Gasteiger partial charge on any atom is -0.493 e. The maximum Gasteiger partial charge on any atom is 0.262 e. The van der Waals surface area contributed by atoms with E-state index in [0.717, 1.165) is 51.7 Å². The number of benzene rings is 2. The molecular formula is C27H25BrN4O4S. The molecule has 0 saturated carbocycles. The molecule has 0 fully saturated rings. The first-order chi connectivity index (χ1) is 18.0. The third-order valence-corrected chi connectivity index (χ3v) is 7.88. The topological polar surface area (TPSA) is 94.8 Å². The molecule has 0 atom stereocenters. The fourth-order valence-electron chi connectivity index (χ4n) is 4.29. The molecule has 0 spiro atoms. The number of methoxy groups -OCH3 is 1. The molecule has 2 heterocycles. The molecule has 4 aromatic rings. The van der Waals surface area contributed by atoms with Crippen LogP contribution in [0.2, 0.25) is 0 Å². The zero-order valence-corrected chi connectivity index (χ0v) is 22.6. The smallest absolute Gasteiger partial charge is 0.262 e. The van der Waals surface area contributed by atoms with Gasteiger partial charge < -0.3 is 9.47 Å². The van der Waals surface area contributed by atoms with Gasteiger partial charge in [-0.15, -0.1) is 11.3 Å². The number of nitrogens with zero attached hydrogens (tertiary/aromatic N) is 3. The van der Waals surface area contributed by atoms with Gasteiger partial charge in [0.15, 0.2) is 11.5 Å². The largest absolute Gasteiger partial charge is 0.493 e. The highest BCUT2D eigenvalue weighted by Gasteiger charge is 2.20. The molecule has 0 aliphatic heterocycles. The first-order valence-corrected chi connectivity index (χ1v) is 13.5. The quantitative estimate of drug-likeness (QED) is 0.238. The predicted octanol–water partition coefficient (Wildman–Crippen LogP) is 4.84. The average molecular weight is 581 g/mol. The van der Waals surface area contributed by atoms with Crippen LogP contribution in [-0.4, -0.2) is 28.8 Å². The first kappa shape index (κ1) is 25.2. The van der Waals surface area contributed by atoms with Crippen LogP contribution in [0.25, 0.3) is 10.2 Å². The van der Waals surface area contributed by atoms with Crippen molar-refractivity contribution in [3.05, 3.63) is 85.2 Å². The monoisotopic (exact) mass is 580 g/mol. The van der Waals surface area contributed by atoms with E-state index in [9.17, 15) is 9.59 Å². The number of aromatic nitrogens is 2. The molecule has 2 aromatic carbocycles. The molecule has 1 aliphatic carbocycles. The summed E-state index contributed by atoms with van der Waals surface area (Å²) in [5.41, 5.74) is 5.17. The molecule has 1 aliphatic rings. The molecule has 5 rings (SSSR count). The molecular weight excluding hydrogens is 556 g/mol. The Kier molecular flexibility index (Phi) is 7.66. The number of halogens is 1. The SMILES string of the molecule is COc1cc(C=NNC(=O)Cn2cnc3sc4c(c3c2=O)CCCC4)ccc1OCc1ccc(Br)cc1. The predicted molar refractivity (Wildman–Crippen MR) is 148 cm³/mol. The van der Waals surface area contributed by atoms with Gasteiger partial charge in [-0.2, -0.15) is 5.10 Å². The molecule has 0 saturated heterocycles. The fourth-order valence-corrected chi connectivity index (χ4v) is 5.77. The molecule has 1 amide bonds. The van der Waals surface area contributed by atoms with Crippen molar-refractivity contribution in [3.63, 3.8) is 0 Å². The Morgan fingerprint density at radius 3 is 2.81 bits per heavy atom. The van der Waals surface area contributed by atoms with Crippen LogP contribution in [0.1, 0.15) is 34.4 Å². The molecule has 0 radical (unpaired) electrons. The summed E-state index contributed by atoms with van der Waals surface area (Å²) in [7, 11) is 1.57. The van der Waals surface area contributed by atoms with Gasteiger partial charge in [0, 0.05) is 9.35 Å². The molecule has 1 N–H and O–H groups in total. The number of carbonyl (C=O) groups excluding carboxylic acids is 1. The van der Waals surface area contributed by atoms with Gasteiger partial charge in [-0.05, 0) is 72.7 Å². The van der Waals surface area contributed by atoms with E-state index in [1.54, 1.807) is 30.6 Å². The Labute approximate surface area is 226 Å². The van der Waals surface area contributed by atoms with E-state index in [1.807, 2.05) is 30.3 Å². The lowest BCUT2D eigenvalue weighted by Crippen LogP contribution is -2.30. The van der Waals surface area contributed by atoms with Crippen molar-refractivity contribution >= 4 is 49.6 Å². The lowest BCUT2D eigenvalue weighted by Gasteiger charge is -2.11. The van der Waals surface area contributed by atoms with E-state index in [4.69, 9.17) is 9.47 Å². The average Bonchev–Trinajstić information content (AvgIpc) is 3.29. The Morgan fingerprint density at radius 1 is 1.19 bits per heavy atom. The highest BCUT2D eigenvalue weighted by molar-refractivity contribution is 9.10. The van der Waals surface area contributed by atoms with Gasteiger partial charge in [0.2, 0.25) is 0 Å². The van der Waals surface area contributed by atoms with Crippen LogP contribution < -0.4 is 20.5 Å². The summed E-state index contributed by atoms with van der Waals surface area (Å²) in [6.45, 7) is 0.247. The number of ether oxygens (including phenoxy) is 2. The summed E-state index contributed by atoms with van der Waals surface area (Å²) in [6.07, 6.45) is 7.05. The zero-order valence-electron chi connectivity index (χ0n) is 20.2. The maximum absolute atomic E-state index is 13.0. The third-order valence-electron chi connectivity index (χ3n) is 6.15. The van der Waals surface area contributed by atoms with Crippen LogP contribution >= 0.6 is 27.3 Å². The van der Waals surface area contributed by atoms with Gasteiger partial charge in [-0.1, -0.05) is 28.1 Å². The number of nitrogens with one attached hydrogen (secondary N) is 1. The molecule has 2 aromatic heterocycles. The number of fused-ring (bicyclic) bond motifs is 3. The Bertz CT molecular complexity index is 1530. The number of carbonyl (C=O) groups is 1. The molecule has 8 nitrogen and oxygen atoms in total. The van der Waals surface area contributed by atoms with Crippen molar-refractivity contribution in [2.24, 2.45) is 5.10 Å². The van der Waals surface area contributed by atoms with Gasteiger partial charge in [0.1, 0.15) is 18.0 Å². The number of aryl methyl sites for hydroxylation is 2. The lowest BCUT2D eigenvalue weighted by atomic mass is 9.97. The van der Waals surface area contributed by atoms with Gasteiger partial charge >= 0.3 is 0 Å². The summed E-state index contributed by atoms with van der Waals surface area (Å²) >= 11 is 5.01. The third kappa shape index (κ3) is 5.75. The standard InChI is InChI=1S/C27H25BrN4O4S/c1-35-22-12-18(8-11-21(22)36-15-17-6-9-19(28)10-7-17)13-30-31-24(33)14-32-16-29-26-25(27(32)34)20-4-2-3-5-23(20)37-26/h6-13,16H,2-5,14-15H2,1H3,(H,31,33). The first-order valence-electron chi connectivity index (χ1n) is 11.9. The second-order valence-corrected chi connectivity index (χ2v) is 10.7. The number of hydrogen-bond donors (Lipinski definition) is 1. The highest BCUT2D eigenvalue weighted by Crippen LogP contribution is 2.33. The summed E-state index contributed by atoms with van der Waals surface area (Å²) in [4.78, 5) is 31.9. The minimum atomic E-state index is -0.412. The van der Waals surface area contributed by atoms with E-state index in [2.05, 4.69) is 31.4 Å². The normalized spacial score (nSPS) is 13.0. The molecule has 190 valence electrons. The minimum absolute atomic E-state index is 0.157. The Balaban J connectivity index is 1.21. The van der Waals surface area contributed by atoms with Crippen molar-refractivity contribution < 1.29 is 14.3 Å². The van der Waals surface area contributed by atoms with Crippen LogP contribution in [0.5, 0.6) is 11.5 Å². The lowest BCUT2D eigenvalue weighted by molar-refractivity contribution is -0.121. The number of thiophene rings is 1. The van der Waals surface area contributed by atoms with Gasteiger partial charge in [0.05, 0.1) is 25.0 Å². The molecule has 0 unspecified atom stereocenters. The van der Waals surface area contributed by atoms with Crippen LogP contribution in [0.3, 0.4) is 0 Å². The van der Waals surface area contributed by atoms with E-state index < -0.39 is 5.91 Å². The Hall–Kier alpha value is -3.50. The number of rotatable bonds is 8.